The largest absolute Gasteiger partial charge is 0.396 e. The van der Waals surface area contributed by atoms with Gasteiger partial charge in [-0.2, -0.15) is 0 Å². The smallest absolute Gasteiger partial charge is 0.363 e. The van der Waals surface area contributed by atoms with Gasteiger partial charge in [-0.25, -0.2) is 0 Å². The van der Waals surface area contributed by atoms with Gasteiger partial charge in [0.25, 0.3) is 0 Å². The highest BCUT2D eigenvalue weighted by molar-refractivity contribution is 5.47. The lowest BCUT2D eigenvalue weighted by Crippen LogP contribution is -2.45. The van der Waals surface area contributed by atoms with Crippen molar-refractivity contribution in [1.82, 2.24) is 4.98 Å². The summed E-state index contributed by atoms with van der Waals surface area (Å²) in [5, 5.41) is 29.6. The third kappa shape index (κ3) is 3.18. The van der Waals surface area contributed by atoms with E-state index in [1.165, 1.54) is 12.3 Å². The molecule has 0 radical (unpaired) electrons. The molecule has 19 heavy (non-hydrogen) atoms. The van der Waals surface area contributed by atoms with Crippen molar-refractivity contribution in [3.05, 3.63) is 28.4 Å². The fraction of sp³-hybridized carbons (Fsp3) is 0.583. The van der Waals surface area contributed by atoms with Crippen LogP contribution >= 0.6 is 0 Å². The van der Waals surface area contributed by atoms with Gasteiger partial charge in [0.1, 0.15) is 0 Å². The minimum absolute atomic E-state index is 0.0183. The Balaban J connectivity index is 1.99. The summed E-state index contributed by atoms with van der Waals surface area (Å²) in [6.07, 6.45) is 3.02. The van der Waals surface area contributed by atoms with Crippen molar-refractivity contribution in [3.8, 4) is 0 Å². The summed E-state index contributed by atoms with van der Waals surface area (Å²) in [5.41, 5.74) is 0.0241. The molecule has 0 bridgehead atoms. The average Bonchev–Trinajstić information content (AvgIpc) is 2.40. The van der Waals surface area contributed by atoms with Gasteiger partial charge in [-0.3, -0.25) is 0 Å². The van der Waals surface area contributed by atoms with Gasteiger partial charge in [-0.05, 0) is 35.2 Å². The first-order valence-electron chi connectivity index (χ1n) is 6.23. The summed E-state index contributed by atoms with van der Waals surface area (Å²) in [6, 6.07) is 3.05. The number of pyridine rings is 1. The third-order valence-corrected chi connectivity index (χ3v) is 3.56. The van der Waals surface area contributed by atoms with E-state index >= 15 is 0 Å². The molecule has 1 aliphatic rings. The van der Waals surface area contributed by atoms with Crippen LogP contribution in [0, 0.1) is 10.1 Å². The van der Waals surface area contributed by atoms with E-state index in [0.717, 1.165) is 5.69 Å². The van der Waals surface area contributed by atoms with Crippen LogP contribution in [0.1, 0.15) is 19.3 Å². The van der Waals surface area contributed by atoms with Gasteiger partial charge in [0.2, 0.25) is 0 Å². The molecule has 0 aliphatic carbocycles. The maximum absolute atomic E-state index is 10.5. The normalized spacial score (nSPS) is 18.3. The van der Waals surface area contributed by atoms with E-state index in [2.05, 4.69) is 4.98 Å². The number of nitrogens with zero attached hydrogens (tertiary/aromatic N) is 3. The quantitative estimate of drug-likeness (QED) is 0.615. The fourth-order valence-electron chi connectivity index (χ4n) is 2.31. The number of anilines is 1. The van der Waals surface area contributed by atoms with Gasteiger partial charge in [-0.1, -0.05) is 0 Å². The molecule has 1 saturated heterocycles. The number of hydrogen-bond acceptors (Lipinski definition) is 6. The monoisotopic (exact) mass is 267 g/mol. The molecule has 0 atom stereocenters. The Kier molecular flexibility index (Phi) is 3.96. The van der Waals surface area contributed by atoms with E-state index in [-0.39, 0.29) is 12.4 Å². The first-order valence-corrected chi connectivity index (χ1v) is 6.23. The number of hydrogen-bond donors (Lipinski definition) is 2. The second kappa shape index (κ2) is 5.50. The van der Waals surface area contributed by atoms with Gasteiger partial charge in [-0.15, -0.1) is 0 Å². The first kappa shape index (κ1) is 13.7. The molecule has 1 aromatic heterocycles. The molecule has 1 fully saturated rings. The zero-order valence-electron chi connectivity index (χ0n) is 10.5. The Bertz CT molecular complexity index is 441. The molecule has 7 nitrogen and oxygen atoms in total. The Labute approximate surface area is 110 Å². The van der Waals surface area contributed by atoms with Crippen LogP contribution in [0.3, 0.4) is 0 Å². The summed E-state index contributed by atoms with van der Waals surface area (Å²) in [7, 11) is 0. The van der Waals surface area contributed by atoms with Crippen LogP contribution in [0.25, 0.3) is 0 Å². The number of aliphatic hydroxyl groups excluding tert-OH is 1. The van der Waals surface area contributed by atoms with Gasteiger partial charge in [0.05, 0.1) is 11.3 Å². The SMILES string of the molecule is O=[N+]([O-])c1ccc(N2CCC(O)(CCO)CC2)cn1. The van der Waals surface area contributed by atoms with E-state index < -0.39 is 10.5 Å². The standard InChI is InChI=1S/C12H17N3O4/c16-8-5-12(17)3-6-14(7-4-12)10-1-2-11(13-9-10)15(18)19/h1-2,9,16-17H,3-8H2. The van der Waals surface area contributed by atoms with Crippen molar-refractivity contribution in [2.75, 3.05) is 24.6 Å². The minimum atomic E-state index is -0.792. The highest BCUT2D eigenvalue weighted by Gasteiger charge is 2.32. The summed E-state index contributed by atoms with van der Waals surface area (Å²) in [5.74, 6) is -0.169. The lowest BCUT2D eigenvalue weighted by atomic mass is 9.88. The molecule has 2 N–H and O–H groups in total. The third-order valence-electron chi connectivity index (χ3n) is 3.56. The predicted octanol–water partition coefficient (Wildman–Crippen LogP) is 0.703. The molecule has 0 unspecified atom stereocenters. The highest BCUT2D eigenvalue weighted by atomic mass is 16.6. The van der Waals surface area contributed by atoms with Crippen LogP contribution in [0.15, 0.2) is 18.3 Å². The zero-order chi connectivity index (χ0) is 13.9. The lowest BCUT2D eigenvalue weighted by molar-refractivity contribution is -0.389. The average molecular weight is 267 g/mol. The van der Waals surface area contributed by atoms with Gasteiger partial charge < -0.3 is 25.2 Å². The summed E-state index contributed by atoms with van der Waals surface area (Å²) in [4.78, 5) is 15.8. The Morgan fingerprint density at radius 3 is 2.58 bits per heavy atom. The number of rotatable bonds is 4. The van der Waals surface area contributed by atoms with Crippen LogP contribution < -0.4 is 4.90 Å². The second-order valence-corrected chi connectivity index (χ2v) is 4.82. The molecule has 7 heteroatoms. The molecule has 104 valence electrons. The van der Waals surface area contributed by atoms with Crippen molar-refractivity contribution in [2.45, 2.75) is 24.9 Å². The van der Waals surface area contributed by atoms with E-state index in [1.54, 1.807) is 6.07 Å². The number of piperidine rings is 1. The van der Waals surface area contributed by atoms with Crippen molar-refractivity contribution in [1.29, 1.82) is 0 Å². The molecule has 2 heterocycles. The van der Waals surface area contributed by atoms with Crippen LogP contribution in [-0.2, 0) is 0 Å². The number of aliphatic hydroxyl groups is 2. The van der Waals surface area contributed by atoms with E-state index in [4.69, 9.17) is 5.11 Å². The molecular formula is C12H17N3O4. The minimum Gasteiger partial charge on any atom is -0.396 e. The van der Waals surface area contributed by atoms with Crippen LogP contribution in [0.2, 0.25) is 0 Å². The summed E-state index contributed by atoms with van der Waals surface area (Å²) >= 11 is 0. The molecule has 0 aromatic carbocycles. The fourth-order valence-corrected chi connectivity index (χ4v) is 2.31. The summed E-state index contributed by atoms with van der Waals surface area (Å²) < 4.78 is 0. The van der Waals surface area contributed by atoms with Gasteiger partial charge in [0, 0.05) is 25.8 Å². The Morgan fingerprint density at radius 2 is 2.11 bits per heavy atom. The predicted molar refractivity (Wildman–Crippen MR) is 69.0 cm³/mol. The number of nitro groups is 1. The molecule has 0 spiro atoms. The van der Waals surface area contributed by atoms with E-state index in [9.17, 15) is 15.2 Å². The molecule has 1 aromatic rings. The first-order chi connectivity index (χ1) is 9.04. The highest BCUT2D eigenvalue weighted by Crippen LogP contribution is 2.28. The van der Waals surface area contributed by atoms with Crippen molar-refractivity contribution < 1.29 is 15.1 Å². The summed E-state index contributed by atoms with van der Waals surface area (Å²) in [6.45, 7) is 1.28. The van der Waals surface area contributed by atoms with Crippen LogP contribution in [0.5, 0.6) is 0 Å². The molecule has 2 rings (SSSR count). The maximum atomic E-state index is 10.5. The van der Waals surface area contributed by atoms with Crippen molar-refractivity contribution >= 4 is 11.5 Å². The van der Waals surface area contributed by atoms with E-state index in [0.29, 0.717) is 32.4 Å². The van der Waals surface area contributed by atoms with Crippen LogP contribution in [-0.4, -0.2) is 45.4 Å². The molecule has 1 aliphatic heterocycles. The Morgan fingerprint density at radius 1 is 1.42 bits per heavy atom. The molecular weight excluding hydrogens is 250 g/mol. The second-order valence-electron chi connectivity index (χ2n) is 4.82. The lowest BCUT2D eigenvalue weighted by Gasteiger charge is -2.38. The molecule has 0 saturated carbocycles. The zero-order valence-corrected chi connectivity index (χ0v) is 10.5. The topological polar surface area (TPSA) is 99.7 Å². The Hall–Kier alpha value is -1.73. The van der Waals surface area contributed by atoms with E-state index in [1.807, 2.05) is 4.90 Å². The van der Waals surface area contributed by atoms with Crippen LogP contribution in [0.4, 0.5) is 11.5 Å². The van der Waals surface area contributed by atoms with Gasteiger partial charge >= 0.3 is 5.82 Å². The van der Waals surface area contributed by atoms with Gasteiger partial charge in [0.15, 0.2) is 6.20 Å². The van der Waals surface area contributed by atoms with Crippen molar-refractivity contribution in [3.63, 3.8) is 0 Å². The van der Waals surface area contributed by atoms with Crippen molar-refractivity contribution in [2.24, 2.45) is 0 Å². The number of aromatic nitrogens is 1. The molecule has 0 amide bonds. The maximum Gasteiger partial charge on any atom is 0.363 e.